The fraction of sp³-hybridized carbons (Fsp3) is 0.267. The third kappa shape index (κ3) is 4.42. The van der Waals surface area contributed by atoms with Crippen LogP contribution in [0.4, 0.5) is 0 Å². The van der Waals surface area contributed by atoms with Gasteiger partial charge in [-0.15, -0.1) is 0 Å². The van der Waals surface area contributed by atoms with Crippen LogP contribution in [0, 0.1) is 0 Å². The van der Waals surface area contributed by atoms with E-state index >= 15 is 0 Å². The molecule has 0 saturated heterocycles. The Labute approximate surface area is 123 Å². The molecule has 0 atom stereocenters. The first kappa shape index (κ1) is 15.2. The van der Waals surface area contributed by atoms with Crippen LogP contribution in [0.1, 0.15) is 21.7 Å². The van der Waals surface area contributed by atoms with Crippen LogP contribution in [0.25, 0.3) is 0 Å². The molecule has 0 fully saturated rings. The van der Waals surface area contributed by atoms with Crippen LogP contribution in [0.15, 0.2) is 47.1 Å². The molecule has 0 aliphatic heterocycles. The van der Waals surface area contributed by atoms with Crippen LogP contribution in [0.2, 0.25) is 0 Å². The molecule has 1 aromatic heterocycles. The first-order chi connectivity index (χ1) is 10.2. The van der Waals surface area contributed by atoms with Gasteiger partial charge in [0.15, 0.2) is 0 Å². The molecule has 1 amide bonds. The summed E-state index contributed by atoms with van der Waals surface area (Å²) in [5.74, 6) is 5.34. The number of hydrazine groups is 1. The van der Waals surface area contributed by atoms with E-state index in [-0.39, 0.29) is 12.5 Å². The number of aliphatic hydroxyl groups is 1. The van der Waals surface area contributed by atoms with Crippen molar-refractivity contribution in [3.63, 3.8) is 0 Å². The molecular weight excluding hydrogens is 270 g/mol. The highest BCUT2D eigenvalue weighted by Crippen LogP contribution is 2.13. The monoisotopic (exact) mass is 289 g/mol. The number of furan rings is 1. The van der Waals surface area contributed by atoms with Gasteiger partial charge in [0.1, 0.15) is 12.0 Å². The molecule has 6 nitrogen and oxygen atoms in total. The maximum absolute atomic E-state index is 11.4. The summed E-state index contributed by atoms with van der Waals surface area (Å²) >= 11 is 0. The number of nitrogen functional groups attached to an aromatic ring is 1. The first-order valence-corrected chi connectivity index (χ1v) is 6.68. The fourth-order valence-corrected chi connectivity index (χ4v) is 2.08. The number of nitrogens with zero attached hydrogens (tertiary/aromatic N) is 1. The second kappa shape index (κ2) is 7.58. The Morgan fingerprint density at radius 3 is 2.71 bits per heavy atom. The summed E-state index contributed by atoms with van der Waals surface area (Å²) in [6.07, 6.45) is 1.37. The van der Waals surface area contributed by atoms with Gasteiger partial charge < -0.3 is 9.52 Å². The van der Waals surface area contributed by atoms with Gasteiger partial charge in [0.25, 0.3) is 5.91 Å². The van der Waals surface area contributed by atoms with Crippen LogP contribution in [0.5, 0.6) is 0 Å². The Morgan fingerprint density at radius 2 is 2.05 bits per heavy atom. The number of nitrogens with two attached hydrogens (primary N) is 1. The van der Waals surface area contributed by atoms with Gasteiger partial charge in [0.2, 0.25) is 0 Å². The lowest BCUT2D eigenvalue weighted by molar-refractivity contribution is 0.0953. The molecule has 0 aliphatic carbocycles. The smallest absolute Gasteiger partial charge is 0.268 e. The van der Waals surface area contributed by atoms with Crippen LogP contribution < -0.4 is 11.3 Å². The highest BCUT2D eigenvalue weighted by atomic mass is 16.3. The van der Waals surface area contributed by atoms with Crippen molar-refractivity contribution in [3.05, 3.63) is 59.5 Å². The summed E-state index contributed by atoms with van der Waals surface area (Å²) < 4.78 is 5.36. The number of nitrogens with one attached hydrogen (secondary N) is 1. The minimum atomic E-state index is -0.387. The van der Waals surface area contributed by atoms with E-state index in [1.54, 1.807) is 6.07 Å². The average molecular weight is 289 g/mol. The van der Waals surface area contributed by atoms with Crippen LogP contribution in [-0.4, -0.2) is 29.1 Å². The van der Waals surface area contributed by atoms with E-state index in [2.05, 4.69) is 5.43 Å². The molecule has 4 N–H and O–H groups in total. The van der Waals surface area contributed by atoms with Gasteiger partial charge >= 0.3 is 0 Å². The number of carbonyl (C=O) groups excluding carboxylic acids is 1. The number of rotatable bonds is 7. The molecule has 6 heteroatoms. The number of aliphatic hydroxyl groups excluding tert-OH is 1. The summed E-state index contributed by atoms with van der Waals surface area (Å²) in [6.45, 7) is 1.78. The molecule has 1 aromatic carbocycles. The van der Waals surface area contributed by atoms with E-state index in [0.717, 1.165) is 5.56 Å². The molecule has 0 spiro atoms. The fourth-order valence-electron chi connectivity index (χ4n) is 2.08. The number of benzene rings is 1. The summed E-state index contributed by atoms with van der Waals surface area (Å²) in [7, 11) is 0. The molecule has 0 radical (unpaired) electrons. The standard InChI is InChI=1S/C15H19N3O3/c16-17-15(20)13-8-14(21-11-13)10-18(6-7-19)9-12-4-2-1-3-5-12/h1-5,8,11,19H,6-7,9-10,16H2,(H,17,20). The maximum Gasteiger partial charge on any atom is 0.268 e. The van der Waals surface area contributed by atoms with Crippen molar-refractivity contribution in [1.29, 1.82) is 0 Å². The summed E-state index contributed by atoms with van der Waals surface area (Å²) in [4.78, 5) is 13.4. The summed E-state index contributed by atoms with van der Waals surface area (Å²) in [5.41, 5.74) is 3.60. The highest BCUT2D eigenvalue weighted by molar-refractivity contribution is 5.93. The van der Waals surface area contributed by atoms with Gasteiger partial charge in [0.05, 0.1) is 18.7 Å². The van der Waals surface area contributed by atoms with E-state index in [9.17, 15) is 9.90 Å². The van der Waals surface area contributed by atoms with Gasteiger partial charge in [-0.3, -0.25) is 15.1 Å². The molecular formula is C15H19N3O3. The Hall–Kier alpha value is -2.15. The lowest BCUT2D eigenvalue weighted by Crippen LogP contribution is -2.29. The molecule has 2 aromatic rings. The molecule has 0 saturated carbocycles. The minimum absolute atomic E-state index is 0.0592. The van der Waals surface area contributed by atoms with E-state index < -0.39 is 0 Å². The van der Waals surface area contributed by atoms with Gasteiger partial charge in [-0.25, -0.2) is 5.84 Å². The number of hydrogen-bond acceptors (Lipinski definition) is 5. The topological polar surface area (TPSA) is 91.7 Å². The lowest BCUT2D eigenvalue weighted by atomic mass is 10.2. The SMILES string of the molecule is NNC(=O)c1coc(CN(CCO)Cc2ccccc2)c1. The predicted molar refractivity (Wildman–Crippen MR) is 78.0 cm³/mol. The van der Waals surface area contributed by atoms with Crippen LogP contribution in [0.3, 0.4) is 0 Å². The zero-order valence-electron chi connectivity index (χ0n) is 11.7. The lowest BCUT2D eigenvalue weighted by Gasteiger charge is -2.20. The number of carbonyl (C=O) groups is 1. The molecule has 1 heterocycles. The molecule has 0 unspecified atom stereocenters. The average Bonchev–Trinajstić information content (AvgIpc) is 2.96. The van der Waals surface area contributed by atoms with E-state index in [1.807, 2.05) is 35.2 Å². The molecule has 2 rings (SSSR count). The summed E-state index contributed by atoms with van der Waals surface area (Å²) in [5, 5.41) is 9.17. The van der Waals surface area contributed by atoms with Crippen molar-refractivity contribution in [3.8, 4) is 0 Å². The van der Waals surface area contributed by atoms with Crippen molar-refractivity contribution in [2.75, 3.05) is 13.2 Å². The maximum atomic E-state index is 11.4. The van der Waals surface area contributed by atoms with Crippen molar-refractivity contribution in [2.45, 2.75) is 13.1 Å². The zero-order valence-corrected chi connectivity index (χ0v) is 11.7. The third-order valence-corrected chi connectivity index (χ3v) is 3.09. The Kier molecular flexibility index (Phi) is 5.51. The van der Waals surface area contributed by atoms with Crippen LogP contribution >= 0.6 is 0 Å². The quantitative estimate of drug-likeness (QED) is 0.400. The number of hydrogen-bond donors (Lipinski definition) is 3. The summed E-state index contributed by atoms with van der Waals surface area (Å²) in [6, 6.07) is 11.6. The molecule has 0 aliphatic rings. The van der Waals surface area contributed by atoms with Gasteiger partial charge in [-0.05, 0) is 11.6 Å². The third-order valence-electron chi connectivity index (χ3n) is 3.09. The Balaban J connectivity index is 2.02. The molecule has 112 valence electrons. The second-order valence-corrected chi connectivity index (χ2v) is 4.70. The second-order valence-electron chi connectivity index (χ2n) is 4.70. The minimum Gasteiger partial charge on any atom is -0.467 e. The van der Waals surface area contributed by atoms with E-state index in [1.165, 1.54) is 6.26 Å². The van der Waals surface area contributed by atoms with Crippen LogP contribution in [-0.2, 0) is 13.1 Å². The predicted octanol–water partition coefficient (Wildman–Crippen LogP) is 0.878. The Bertz CT molecular complexity index is 569. The van der Waals surface area contributed by atoms with Crippen molar-refractivity contribution < 1.29 is 14.3 Å². The normalized spacial score (nSPS) is 10.8. The zero-order chi connectivity index (χ0) is 15.1. The molecule has 0 bridgehead atoms. The van der Waals surface area contributed by atoms with Crippen molar-refractivity contribution in [1.82, 2.24) is 10.3 Å². The van der Waals surface area contributed by atoms with Gasteiger partial charge in [0, 0.05) is 13.1 Å². The first-order valence-electron chi connectivity index (χ1n) is 6.68. The van der Waals surface area contributed by atoms with Crippen molar-refractivity contribution in [2.24, 2.45) is 5.84 Å². The highest BCUT2D eigenvalue weighted by Gasteiger charge is 2.12. The van der Waals surface area contributed by atoms with Gasteiger partial charge in [-0.1, -0.05) is 30.3 Å². The van der Waals surface area contributed by atoms with Crippen molar-refractivity contribution >= 4 is 5.91 Å². The van der Waals surface area contributed by atoms with E-state index in [4.69, 9.17) is 10.3 Å². The Morgan fingerprint density at radius 1 is 1.29 bits per heavy atom. The number of amides is 1. The van der Waals surface area contributed by atoms with Gasteiger partial charge in [-0.2, -0.15) is 0 Å². The molecule has 21 heavy (non-hydrogen) atoms. The van der Waals surface area contributed by atoms with E-state index in [0.29, 0.717) is 31.0 Å². The largest absolute Gasteiger partial charge is 0.467 e.